The zero-order valence-electron chi connectivity index (χ0n) is 18.5. The molecule has 0 aromatic heterocycles. The summed E-state index contributed by atoms with van der Waals surface area (Å²) in [7, 11) is -1.99. The molecule has 0 saturated heterocycles. The molecule has 1 N–H and O–H groups in total. The van der Waals surface area contributed by atoms with Gasteiger partial charge < -0.3 is 4.74 Å². The molecule has 1 aromatic carbocycles. The molecule has 2 aliphatic rings. The minimum atomic E-state index is -3.40. The Labute approximate surface area is 191 Å². The Morgan fingerprint density at radius 3 is 2.09 bits per heavy atom. The number of carbonyl (C=O) groups is 1. The van der Waals surface area contributed by atoms with Gasteiger partial charge in [-0.3, -0.25) is 0 Å². The summed E-state index contributed by atoms with van der Waals surface area (Å²) in [6.07, 6.45) is 7.11. The molecule has 5 nitrogen and oxygen atoms in total. The number of hydrogen-bond acceptors (Lipinski definition) is 4. The highest BCUT2D eigenvalue weighted by molar-refractivity contribution is 7.89. The third-order valence-corrected chi connectivity index (χ3v) is 7.09. The van der Waals surface area contributed by atoms with Gasteiger partial charge in [0, 0.05) is 6.54 Å². The maximum Gasteiger partial charge on any atom is 0.338 e. The van der Waals surface area contributed by atoms with Gasteiger partial charge in [0.05, 0.1) is 17.6 Å². The maximum absolute atomic E-state index is 12.2. The van der Waals surface area contributed by atoms with Gasteiger partial charge in [-0.05, 0) is 54.2 Å². The molecular weight excluding hydrogens is 422 g/mol. The maximum atomic E-state index is 12.2. The number of aryl methyl sites for hydroxylation is 1. The molecule has 170 valence electrons. The number of esters is 1. The molecule has 0 atom stereocenters. The quantitative estimate of drug-likeness (QED) is 0.293. The van der Waals surface area contributed by atoms with E-state index in [1.165, 1.54) is 12.7 Å². The standard InChI is InChI=1S/C26H31NO4S/c1-31-26(28)25-20-21(23-17-11-7-12-18-24(23)25)14-8-4-2-3-5-13-19-27-32(29,30)22-15-9-6-10-16-22/h6-7,9-12,15-18,20,27H,2-5,8,13-14,19H2,1H3. The van der Waals surface area contributed by atoms with Crippen LogP contribution in [0.1, 0.15) is 54.4 Å². The predicted octanol–water partition coefficient (Wildman–Crippen LogP) is 5.44. The van der Waals surface area contributed by atoms with Gasteiger partial charge in [0.2, 0.25) is 10.0 Å². The minimum absolute atomic E-state index is 0.296. The Morgan fingerprint density at radius 1 is 0.812 bits per heavy atom. The highest BCUT2D eigenvalue weighted by Crippen LogP contribution is 2.33. The molecule has 2 aliphatic carbocycles. The van der Waals surface area contributed by atoms with E-state index in [2.05, 4.69) is 10.8 Å². The fourth-order valence-electron chi connectivity index (χ4n) is 3.91. The van der Waals surface area contributed by atoms with Crippen LogP contribution in [0.5, 0.6) is 0 Å². The average molecular weight is 454 g/mol. The largest absolute Gasteiger partial charge is 0.465 e. The van der Waals surface area contributed by atoms with Crippen LogP contribution in [-0.2, 0) is 21.2 Å². The van der Waals surface area contributed by atoms with E-state index in [1.54, 1.807) is 30.3 Å². The number of sulfonamides is 1. The van der Waals surface area contributed by atoms with Crippen LogP contribution in [0.4, 0.5) is 0 Å². The Morgan fingerprint density at radius 2 is 1.41 bits per heavy atom. The molecule has 0 aliphatic heterocycles. The summed E-state index contributed by atoms with van der Waals surface area (Å²) in [5, 5.41) is 0. The van der Waals surface area contributed by atoms with Crippen LogP contribution in [-0.4, -0.2) is 28.0 Å². The number of carbonyl (C=O) groups excluding carboxylic acids is 1. The number of fused-ring (bicyclic) bond motifs is 1. The highest BCUT2D eigenvalue weighted by atomic mass is 32.2. The minimum Gasteiger partial charge on any atom is -0.465 e. The van der Waals surface area contributed by atoms with Crippen molar-refractivity contribution in [2.75, 3.05) is 13.7 Å². The van der Waals surface area contributed by atoms with Crippen molar-refractivity contribution in [1.29, 1.82) is 0 Å². The molecule has 3 rings (SSSR count). The van der Waals surface area contributed by atoms with Gasteiger partial charge in [-0.1, -0.05) is 74.2 Å². The molecule has 0 saturated carbocycles. The molecule has 32 heavy (non-hydrogen) atoms. The van der Waals surface area contributed by atoms with Crippen molar-refractivity contribution in [2.24, 2.45) is 0 Å². The summed E-state index contributed by atoms with van der Waals surface area (Å²) in [4.78, 5) is 12.4. The highest BCUT2D eigenvalue weighted by Gasteiger charge is 2.19. The lowest BCUT2D eigenvalue weighted by Crippen LogP contribution is -2.24. The van der Waals surface area contributed by atoms with Crippen molar-refractivity contribution in [1.82, 2.24) is 4.72 Å². The molecule has 1 aromatic rings. The molecule has 0 fully saturated rings. The summed E-state index contributed by atoms with van der Waals surface area (Å²) in [6.45, 7) is 0.462. The van der Waals surface area contributed by atoms with E-state index in [0.717, 1.165) is 56.1 Å². The van der Waals surface area contributed by atoms with Gasteiger partial charge in [0.25, 0.3) is 0 Å². The molecule has 0 spiro atoms. The Bertz CT molecular complexity index is 1080. The molecule has 0 bridgehead atoms. The van der Waals surface area contributed by atoms with Crippen LogP contribution >= 0.6 is 0 Å². The zero-order chi connectivity index (χ0) is 22.8. The first-order chi connectivity index (χ1) is 15.5. The summed E-state index contributed by atoms with van der Waals surface area (Å²) < 4.78 is 32.0. The van der Waals surface area contributed by atoms with Gasteiger partial charge in [-0.25, -0.2) is 17.9 Å². The van der Waals surface area contributed by atoms with Crippen molar-refractivity contribution in [3.05, 3.63) is 77.9 Å². The topological polar surface area (TPSA) is 72.5 Å². The Balaban J connectivity index is 1.37. The second-order valence-corrected chi connectivity index (χ2v) is 9.66. The lowest BCUT2D eigenvalue weighted by molar-refractivity contribution is 0.0602. The molecule has 0 amide bonds. The molecule has 6 heteroatoms. The van der Waals surface area contributed by atoms with Gasteiger partial charge in [-0.15, -0.1) is 0 Å². The molecule has 0 unspecified atom stereocenters. The molecular formula is C26H31NO4S. The van der Waals surface area contributed by atoms with E-state index in [0.29, 0.717) is 17.0 Å². The van der Waals surface area contributed by atoms with E-state index in [-0.39, 0.29) is 5.97 Å². The van der Waals surface area contributed by atoms with Crippen LogP contribution in [0.2, 0.25) is 0 Å². The first kappa shape index (κ1) is 24.0. The van der Waals surface area contributed by atoms with Crippen molar-refractivity contribution >= 4 is 16.0 Å². The number of nitrogens with one attached hydrogen (secondary N) is 1. The number of ether oxygens (including phenoxy) is 1. The van der Waals surface area contributed by atoms with E-state index < -0.39 is 10.0 Å². The first-order valence-corrected chi connectivity index (χ1v) is 12.6. The van der Waals surface area contributed by atoms with Crippen LogP contribution in [0.3, 0.4) is 0 Å². The van der Waals surface area contributed by atoms with Crippen LogP contribution in [0, 0.1) is 0 Å². The van der Waals surface area contributed by atoms with Crippen molar-refractivity contribution in [2.45, 2.75) is 49.8 Å². The Kier molecular flexibility index (Phi) is 8.82. The molecule has 0 radical (unpaired) electrons. The number of unbranched alkanes of at least 4 members (excludes halogenated alkanes) is 5. The van der Waals surface area contributed by atoms with E-state index >= 15 is 0 Å². The SMILES string of the molecule is COC(=O)c1cc(CCCCCCCCNS(=O)(=O)c2ccccc2)c2cccccc1-2. The van der Waals surface area contributed by atoms with E-state index in [9.17, 15) is 13.2 Å². The summed E-state index contributed by atoms with van der Waals surface area (Å²) >= 11 is 0. The summed E-state index contributed by atoms with van der Waals surface area (Å²) in [5.41, 5.74) is 3.87. The van der Waals surface area contributed by atoms with Gasteiger partial charge in [-0.2, -0.15) is 0 Å². The zero-order valence-corrected chi connectivity index (χ0v) is 19.4. The number of hydrogen-bond donors (Lipinski definition) is 1. The monoisotopic (exact) mass is 453 g/mol. The van der Waals surface area contributed by atoms with Crippen molar-refractivity contribution in [3.63, 3.8) is 0 Å². The average Bonchev–Trinajstić information content (AvgIpc) is 2.97. The van der Waals surface area contributed by atoms with Crippen LogP contribution < -0.4 is 4.72 Å². The normalized spacial score (nSPS) is 11.5. The van der Waals surface area contributed by atoms with Gasteiger partial charge >= 0.3 is 5.97 Å². The smallest absolute Gasteiger partial charge is 0.338 e. The fraction of sp³-hybridized carbons (Fsp3) is 0.346. The molecule has 0 heterocycles. The van der Waals surface area contributed by atoms with Crippen molar-refractivity contribution in [3.8, 4) is 11.1 Å². The lowest BCUT2D eigenvalue weighted by Gasteiger charge is -2.07. The predicted molar refractivity (Wildman–Crippen MR) is 127 cm³/mol. The van der Waals surface area contributed by atoms with Crippen LogP contribution in [0.25, 0.3) is 11.1 Å². The first-order valence-electron chi connectivity index (χ1n) is 11.2. The number of methoxy groups -OCH3 is 1. The number of benzene rings is 1. The number of rotatable bonds is 12. The Hall–Kier alpha value is -2.70. The van der Waals surface area contributed by atoms with Crippen LogP contribution in [0.15, 0.2) is 71.6 Å². The van der Waals surface area contributed by atoms with Gasteiger partial charge in [0.1, 0.15) is 0 Å². The summed E-state index contributed by atoms with van der Waals surface area (Å²) in [6, 6.07) is 20.4. The second kappa shape index (κ2) is 11.8. The second-order valence-electron chi connectivity index (χ2n) is 7.90. The van der Waals surface area contributed by atoms with Gasteiger partial charge in [0.15, 0.2) is 0 Å². The fourth-order valence-corrected chi connectivity index (χ4v) is 5.01. The van der Waals surface area contributed by atoms with E-state index in [4.69, 9.17) is 4.74 Å². The lowest BCUT2D eigenvalue weighted by atomic mass is 10.0. The summed E-state index contributed by atoms with van der Waals surface area (Å²) in [5.74, 6) is -0.296. The van der Waals surface area contributed by atoms with E-state index in [1.807, 2.05) is 30.3 Å². The third kappa shape index (κ3) is 6.40. The third-order valence-electron chi connectivity index (χ3n) is 5.62. The van der Waals surface area contributed by atoms with Crippen molar-refractivity contribution < 1.29 is 17.9 Å².